The Hall–Kier alpha value is -2.09. The Labute approximate surface area is 181 Å². The Bertz CT molecular complexity index is 992. The van der Waals surface area contributed by atoms with E-state index in [0.29, 0.717) is 5.92 Å². The molecule has 30 heavy (non-hydrogen) atoms. The molecule has 0 radical (unpaired) electrons. The van der Waals surface area contributed by atoms with Gasteiger partial charge in [0.1, 0.15) is 12.1 Å². The van der Waals surface area contributed by atoms with Gasteiger partial charge >= 0.3 is 0 Å². The maximum atomic E-state index is 5.51. The molecule has 1 aliphatic heterocycles. The topological polar surface area (TPSA) is 63.2 Å². The molecule has 2 aliphatic rings. The summed E-state index contributed by atoms with van der Waals surface area (Å²) >= 11 is 1.68. The normalized spacial score (nSPS) is 23.0. The zero-order valence-corrected chi connectivity index (χ0v) is 18.3. The minimum atomic E-state index is 0.705. The van der Waals surface area contributed by atoms with E-state index in [2.05, 4.69) is 48.7 Å². The lowest BCUT2D eigenvalue weighted by Gasteiger charge is -2.38. The van der Waals surface area contributed by atoms with Crippen LogP contribution in [0.2, 0.25) is 0 Å². The fourth-order valence-electron chi connectivity index (χ4n) is 4.75. The van der Waals surface area contributed by atoms with Crippen LogP contribution >= 0.6 is 11.3 Å². The van der Waals surface area contributed by atoms with E-state index in [1.165, 1.54) is 25.7 Å². The van der Waals surface area contributed by atoms with Gasteiger partial charge in [-0.3, -0.25) is 4.90 Å². The van der Waals surface area contributed by atoms with Gasteiger partial charge in [0.2, 0.25) is 0 Å². The Balaban J connectivity index is 1.24. The van der Waals surface area contributed by atoms with Gasteiger partial charge in [-0.1, -0.05) is 6.07 Å². The molecule has 1 aliphatic carbocycles. The molecule has 0 atom stereocenters. The van der Waals surface area contributed by atoms with Crippen LogP contribution in [0.25, 0.3) is 22.2 Å². The molecule has 1 saturated heterocycles. The van der Waals surface area contributed by atoms with Gasteiger partial charge in [0.15, 0.2) is 0 Å². The highest BCUT2D eigenvalue weighted by molar-refractivity contribution is 7.09. The van der Waals surface area contributed by atoms with Crippen LogP contribution < -0.4 is 5.32 Å². The third-order valence-corrected chi connectivity index (χ3v) is 7.26. The number of nitrogens with zero attached hydrogens (tertiary/aromatic N) is 4. The standard InChI is InChI=1S/C23H29N5OS/c1-16-27-22(14-30-16)18-4-7-21-20(12-18)23(26-15-25-21)24-13-17-2-5-19(6-3-17)28-8-10-29-11-9-28/h4,7,12,14-15,17,19H,2-3,5-6,8-11,13H2,1H3,(H,24,25,26). The Kier molecular flexibility index (Phi) is 5.93. The molecule has 0 bridgehead atoms. The number of anilines is 1. The van der Waals surface area contributed by atoms with Crippen molar-refractivity contribution in [2.75, 3.05) is 38.2 Å². The van der Waals surface area contributed by atoms with Crippen molar-refractivity contribution in [1.29, 1.82) is 0 Å². The second-order valence-electron chi connectivity index (χ2n) is 8.41. The SMILES string of the molecule is Cc1nc(-c2ccc3ncnc(NCC4CCC(N5CCOCC5)CC4)c3c2)cs1. The predicted octanol–water partition coefficient (Wildman–Crippen LogP) is 4.36. The fraction of sp³-hybridized carbons (Fsp3) is 0.522. The van der Waals surface area contributed by atoms with Gasteiger partial charge < -0.3 is 10.1 Å². The molecule has 6 nitrogen and oxygen atoms in total. The highest BCUT2D eigenvalue weighted by atomic mass is 32.1. The van der Waals surface area contributed by atoms with Gasteiger partial charge in [-0.05, 0) is 50.7 Å². The molecule has 7 heteroatoms. The lowest BCUT2D eigenvalue weighted by Crippen LogP contribution is -2.45. The van der Waals surface area contributed by atoms with Crippen molar-refractivity contribution in [3.63, 3.8) is 0 Å². The molecule has 2 fully saturated rings. The summed E-state index contributed by atoms with van der Waals surface area (Å²) in [6.07, 6.45) is 6.81. The molecule has 1 saturated carbocycles. The van der Waals surface area contributed by atoms with Crippen LogP contribution in [0.1, 0.15) is 30.7 Å². The Morgan fingerprint density at radius 2 is 1.97 bits per heavy atom. The summed E-state index contributed by atoms with van der Waals surface area (Å²) < 4.78 is 5.51. The molecule has 3 aromatic rings. The average Bonchev–Trinajstić information content (AvgIpc) is 3.24. The highest BCUT2D eigenvalue weighted by Crippen LogP contribution is 2.30. The number of hydrogen-bond acceptors (Lipinski definition) is 7. The van der Waals surface area contributed by atoms with Gasteiger partial charge in [-0.15, -0.1) is 11.3 Å². The molecule has 1 N–H and O–H groups in total. The van der Waals surface area contributed by atoms with Crippen molar-refractivity contribution in [1.82, 2.24) is 19.9 Å². The number of aromatic nitrogens is 3. The van der Waals surface area contributed by atoms with Crippen molar-refractivity contribution in [3.05, 3.63) is 34.9 Å². The minimum Gasteiger partial charge on any atom is -0.379 e. The number of thiazole rings is 1. The number of rotatable bonds is 5. The van der Waals surface area contributed by atoms with Crippen LogP contribution in [0.15, 0.2) is 29.9 Å². The molecule has 158 valence electrons. The molecule has 0 unspecified atom stereocenters. The second kappa shape index (κ2) is 8.96. The number of fused-ring (bicyclic) bond motifs is 1. The van der Waals surface area contributed by atoms with Gasteiger partial charge in [0.25, 0.3) is 0 Å². The Morgan fingerprint density at radius 1 is 1.13 bits per heavy atom. The third-order valence-electron chi connectivity index (χ3n) is 6.49. The van der Waals surface area contributed by atoms with Gasteiger partial charge in [0.05, 0.1) is 29.4 Å². The first-order valence-corrected chi connectivity index (χ1v) is 11.9. The number of nitrogens with one attached hydrogen (secondary N) is 1. The van der Waals surface area contributed by atoms with Crippen LogP contribution in [-0.2, 0) is 4.74 Å². The summed E-state index contributed by atoms with van der Waals surface area (Å²) in [4.78, 5) is 16.3. The summed E-state index contributed by atoms with van der Waals surface area (Å²) in [6, 6.07) is 7.08. The second-order valence-corrected chi connectivity index (χ2v) is 9.47. The van der Waals surface area contributed by atoms with E-state index < -0.39 is 0 Å². The third kappa shape index (κ3) is 4.33. The van der Waals surface area contributed by atoms with Gasteiger partial charge in [-0.2, -0.15) is 0 Å². The Morgan fingerprint density at radius 3 is 2.73 bits per heavy atom. The number of hydrogen-bond donors (Lipinski definition) is 1. The first-order valence-electron chi connectivity index (χ1n) is 11.0. The summed E-state index contributed by atoms with van der Waals surface area (Å²) in [5.41, 5.74) is 3.12. The van der Waals surface area contributed by atoms with E-state index in [4.69, 9.17) is 4.74 Å². The van der Waals surface area contributed by atoms with Crippen LogP contribution in [0, 0.1) is 12.8 Å². The number of morpholine rings is 1. The molecule has 1 aromatic carbocycles. The molecule has 2 aromatic heterocycles. The van der Waals surface area contributed by atoms with E-state index in [1.807, 2.05) is 6.92 Å². The zero-order chi connectivity index (χ0) is 20.3. The zero-order valence-electron chi connectivity index (χ0n) is 17.5. The number of ether oxygens (including phenoxy) is 1. The first-order chi connectivity index (χ1) is 14.8. The lowest BCUT2D eigenvalue weighted by molar-refractivity contribution is 0.00540. The van der Waals surface area contributed by atoms with Crippen LogP contribution in [-0.4, -0.2) is 58.7 Å². The quantitative estimate of drug-likeness (QED) is 0.658. The van der Waals surface area contributed by atoms with Crippen molar-refractivity contribution in [3.8, 4) is 11.3 Å². The summed E-state index contributed by atoms with van der Waals surface area (Å²) in [7, 11) is 0. The van der Waals surface area contributed by atoms with E-state index >= 15 is 0 Å². The van der Waals surface area contributed by atoms with E-state index in [1.54, 1.807) is 17.7 Å². The van der Waals surface area contributed by atoms with Crippen LogP contribution in [0.3, 0.4) is 0 Å². The number of benzene rings is 1. The molecular weight excluding hydrogens is 394 g/mol. The van der Waals surface area contributed by atoms with Crippen molar-refractivity contribution < 1.29 is 4.74 Å². The van der Waals surface area contributed by atoms with E-state index in [0.717, 1.165) is 71.9 Å². The largest absolute Gasteiger partial charge is 0.379 e. The van der Waals surface area contributed by atoms with Crippen molar-refractivity contribution in [2.45, 2.75) is 38.6 Å². The van der Waals surface area contributed by atoms with Crippen LogP contribution in [0.5, 0.6) is 0 Å². The predicted molar refractivity (Wildman–Crippen MR) is 122 cm³/mol. The molecule has 3 heterocycles. The lowest BCUT2D eigenvalue weighted by atomic mass is 9.85. The van der Waals surface area contributed by atoms with Gasteiger partial charge in [-0.25, -0.2) is 15.0 Å². The highest BCUT2D eigenvalue weighted by Gasteiger charge is 2.26. The molecule has 5 rings (SSSR count). The van der Waals surface area contributed by atoms with Gasteiger partial charge in [0, 0.05) is 42.0 Å². The number of aryl methyl sites for hydroxylation is 1. The van der Waals surface area contributed by atoms with E-state index in [-0.39, 0.29) is 0 Å². The summed E-state index contributed by atoms with van der Waals surface area (Å²) in [5.74, 6) is 1.64. The molecule has 0 spiro atoms. The summed E-state index contributed by atoms with van der Waals surface area (Å²) in [6.45, 7) is 7.00. The average molecular weight is 424 g/mol. The smallest absolute Gasteiger partial charge is 0.137 e. The van der Waals surface area contributed by atoms with E-state index in [9.17, 15) is 0 Å². The minimum absolute atomic E-state index is 0.705. The maximum absolute atomic E-state index is 5.51. The van der Waals surface area contributed by atoms with Crippen LogP contribution in [0.4, 0.5) is 5.82 Å². The maximum Gasteiger partial charge on any atom is 0.137 e. The molecule has 0 amide bonds. The fourth-order valence-corrected chi connectivity index (χ4v) is 5.37. The van der Waals surface area contributed by atoms with Crippen molar-refractivity contribution in [2.24, 2.45) is 5.92 Å². The summed E-state index contributed by atoms with van der Waals surface area (Å²) in [5, 5.41) is 7.90. The molecular formula is C23H29N5OS. The monoisotopic (exact) mass is 423 g/mol. The first kappa shape index (κ1) is 19.8. The van der Waals surface area contributed by atoms with Crippen molar-refractivity contribution >= 4 is 28.1 Å².